The Bertz CT molecular complexity index is 1070. The van der Waals surface area contributed by atoms with E-state index in [1.165, 1.54) is 12.1 Å². The molecule has 3 aromatic rings. The van der Waals surface area contributed by atoms with E-state index in [1.807, 2.05) is 31.2 Å². The van der Waals surface area contributed by atoms with Gasteiger partial charge in [0, 0.05) is 11.6 Å². The van der Waals surface area contributed by atoms with E-state index in [0.29, 0.717) is 30.3 Å². The smallest absolute Gasteiger partial charge is 0.286 e. The van der Waals surface area contributed by atoms with Crippen LogP contribution in [0.25, 0.3) is 11.4 Å². The molecule has 0 atom stereocenters. The molecule has 0 fully saturated rings. The molecule has 4 rings (SSSR count). The largest absolute Gasteiger partial charge is 0.486 e. The van der Waals surface area contributed by atoms with Gasteiger partial charge in [-0.2, -0.15) is 13.4 Å². The zero-order valence-corrected chi connectivity index (χ0v) is 14.7. The summed E-state index contributed by atoms with van der Waals surface area (Å²) in [7, 11) is -4.02. The summed E-state index contributed by atoms with van der Waals surface area (Å²) in [5.41, 5.74) is 7.58. The van der Waals surface area contributed by atoms with Crippen LogP contribution in [-0.4, -0.2) is 35.8 Å². The minimum Gasteiger partial charge on any atom is -0.486 e. The Hall–Kier alpha value is -3.07. The molecule has 2 aromatic carbocycles. The second kappa shape index (κ2) is 6.03. The molecule has 1 aliphatic rings. The fourth-order valence-electron chi connectivity index (χ4n) is 2.60. The summed E-state index contributed by atoms with van der Waals surface area (Å²) in [6.07, 6.45) is 0. The van der Waals surface area contributed by atoms with Crippen LogP contribution in [0.15, 0.2) is 47.4 Å². The van der Waals surface area contributed by atoms with Crippen molar-refractivity contribution in [3.8, 4) is 22.9 Å². The number of nitrogen functional groups attached to an aromatic ring is 1. The number of anilines is 1. The molecule has 0 spiro atoms. The zero-order valence-electron chi connectivity index (χ0n) is 13.9. The number of hydrogen-bond acceptors (Lipinski definition) is 7. The van der Waals surface area contributed by atoms with Crippen molar-refractivity contribution in [3.05, 3.63) is 48.0 Å². The molecule has 0 aliphatic carbocycles. The van der Waals surface area contributed by atoms with Crippen molar-refractivity contribution < 1.29 is 17.9 Å². The first-order chi connectivity index (χ1) is 12.4. The quantitative estimate of drug-likeness (QED) is 0.747. The van der Waals surface area contributed by atoms with Crippen LogP contribution in [0.4, 0.5) is 5.95 Å². The van der Waals surface area contributed by atoms with E-state index in [1.54, 1.807) is 6.07 Å². The number of nitrogens with two attached hydrogens (primary N) is 1. The van der Waals surface area contributed by atoms with Gasteiger partial charge in [0.1, 0.15) is 13.2 Å². The van der Waals surface area contributed by atoms with Gasteiger partial charge in [-0.25, -0.2) is 0 Å². The van der Waals surface area contributed by atoms with Crippen molar-refractivity contribution in [2.75, 3.05) is 18.9 Å². The van der Waals surface area contributed by atoms with Gasteiger partial charge < -0.3 is 15.2 Å². The lowest BCUT2D eigenvalue weighted by Gasteiger charge is -2.18. The number of benzene rings is 2. The molecule has 9 heteroatoms. The Labute approximate surface area is 150 Å². The summed E-state index contributed by atoms with van der Waals surface area (Å²) in [6, 6.07) is 11.8. The Balaban J connectivity index is 1.75. The Morgan fingerprint density at radius 3 is 2.46 bits per heavy atom. The minimum absolute atomic E-state index is 0.00574. The lowest BCUT2D eigenvalue weighted by Crippen LogP contribution is -2.19. The van der Waals surface area contributed by atoms with Crippen LogP contribution < -0.4 is 15.2 Å². The number of fused-ring (bicyclic) bond motifs is 1. The number of ether oxygens (including phenoxy) is 2. The molecular weight excluding hydrogens is 356 g/mol. The van der Waals surface area contributed by atoms with E-state index in [-0.39, 0.29) is 16.7 Å². The number of aromatic nitrogens is 3. The summed E-state index contributed by atoms with van der Waals surface area (Å²) in [5, 5.41) is 4.09. The van der Waals surface area contributed by atoms with Crippen molar-refractivity contribution in [3.63, 3.8) is 0 Å². The summed E-state index contributed by atoms with van der Waals surface area (Å²) < 4.78 is 37.4. The average Bonchev–Trinajstić information content (AvgIpc) is 3.04. The van der Waals surface area contributed by atoms with Crippen LogP contribution in [-0.2, 0) is 10.0 Å². The normalized spacial score (nSPS) is 13.6. The monoisotopic (exact) mass is 372 g/mol. The topological polar surface area (TPSA) is 109 Å². The van der Waals surface area contributed by atoms with Crippen LogP contribution in [0.1, 0.15) is 5.56 Å². The summed E-state index contributed by atoms with van der Waals surface area (Å²) in [6.45, 7) is 2.74. The molecule has 1 aliphatic heterocycles. The number of rotatable bonds is 3. The van der Waals surface area contributed by atoms with E-state index in [0.717, 1.165) is 9.65 Å². The highest BCUT2D eigenvalue weighted by Gasteiger charge is 2.25. The maximum absolute atomic E-state index is 12.9. The predicted molar refractivity (Wildman–Crippen MR) is 94.6 cm³/mol. The Morgan fingerprint density at radius 2 is 1.73 bits per heavy atom. The SMILES string of the molecule is Cc1ccc(-c2nc(N)n(S(=O)(=O)c3ccc4c(c3)OCCO4)n2)cc1. The molecular formula is C17H16N4O4S. The van der Waals surface area contributed by atoms with Gasteiger partial charge in [-0.3, -0.25) is 0 Å². The van der Waals surface area contributed by atoms with E-state index in [4.69, 9.17) is 15.2 Å². The van der Waals surface area contributed by atoms with E-state index >= 15 is 0 Å². The van der Waals surface area contributed by atoms with Crippen molar-refractivity contribution in [2.45, 2.75) is 11.8 Å². The van der Waals surface area contributed by atoms with Gasteiger partial charge in [0.15, 0.2) is 17.3 Å². The van der Waals surface area contributed by atoms with Gasteiger partial charge >= 0.3 is 0 Å². The minimum atomic E-state index is -4.02. The second-order valence-electron chi connectivity index (χ2n) is 5.81. The van der Waals surface area contributed by atoms with Crippen LogP contribution in [0.2, 0.25) is 0 Å². The average molecular weight is 372 g/mol. The van der Waals surface area contributed by atoms with Crippen LogP contribution in [0.3, 0.4) is 0 Å². The highest BCUT2D eigenvalue weighted by Crippen LogP contribution is 2.33. The molecule has 8 nitrogen and oxygen atoms in total. The predicted octanol–water partition coefficient (Wildman–Crippen LogP) is 1.84. The lowest BCUT2D eigenvalue weighted by atomic mass is 10.1. The Morgan fingerprint density at radius 1 is 1.04 bits per heavy atom. The molecule has 2 heterocycles. The molecule has 26 heavy (non-hydrogen) atoms. The van der Waals surface area contributed by atoms with Crippen molar-refractivity contribution in [1.29, 1.82) is 0 Å². The first kappa shape index (κ1) is 16.4. The van der Waals surface area contributed by atoms with Gasteiger partial charge in [-0.1, -0.05) is 29.8 Å². The van der Waals surface area contributed by atoms with Crippen molar-refractivity contribution in [1.82, 2.24) is 14.2 Å². The second-order valence-corrected chi connectivity index (χ2v) is 7.58. The summed E-state index contributed by atoms with van der Waals surface area (Å²) >= 11 is 0. The zero-order chi connectivity index (χ0) is 18.3. The van der Waals surface area contributed by atoms with E-state index < -0.39 is 10.0 Å². The standard InChI is InChI=1S/C17H16N4O4S/c1-11-2-4-12(5-3-11)16-19-17(18)21(20-16)26(22,23)13-6-7-14-15(10-13)25-9-8-24-14/h2-7,10H,8-9H2,1H3,(H2,18,19,20). The van der Waals surface area contributed by atoms with E-state index in [2.05, 4.69) is 10.1 Å². The van der Waals surface area contributed by atoms with Crippen LogP contribution >= 0.6 is 0 Å². The number of hydrogen-bond donors (Lipinski definition) is 1. The van der Waals surface area contributed by atoms with Gasteiger partial charge in [0.05, 0.1) is 4.90 Å². The third kappa shape index (κ3) is 2.76. The molecule has 2 N–H and O–H groups in total. The summed E-state index contributed by atoms with van der Waals surface area (Å²) in [4.78, 5) is 4.08. The molecule has 0 saturated heterocycles. The van der Waals surface area contributed by atoms with Crippen LogP contribution in [0.5, 0.6) is 11.5 Å². The highest BCUT2D eigenvalue weighted by molar-refractivity contribution is 7.90. The molecule has 1 aromatic heterocycles. The van der Waals surface area contributed by atoms with Crippen LogP contribution in [0, 0.1) is 6.92 Å². The molecule has 0 unspecified atom stereocenters. The first-order valence-electron chi connectivity index (χ1n) is 7.90. The molecule has 0 radical (unpaired) electrons. The third-order valence-corrected chi connectivity index (χ3v) is 5.52. The highest BCUT2D eigenvalue weighted by atomic mass is 32.2. The fourth-order valence-corrected chi connectivity index (χ4v) is 3.76. The fraction of sp³-hybridized carbons (Fsp3) is 0.176. The molecule has 134 valence electrons. The first-order valence-corrected chi connectivity index (χ1v) is 9.34. The van der Waals surface area contributed by atoms with Gasteiger partial charge in [0.25, 0.3) is 10.0 Å². The third-order valence-electron chi connectivity index (χ3n) is 3.95. The van der Waals surface area contributed by atoms with Gasteiger partial charge in [0.2, 0.25) is 5.95 Å². The van der Waals surface area contributed by atoms with Crippen molar-refractivity contribution in [2.24, 2.45) is 0 Å². The summed E-state index contributed by atoms with van der Waals surface area (Å²) in [5.74, 6) is 0.899. The maximum atomic E-state index is 12.9. The molecule has 0 bridgehead atoms. The molecule has 0 saturated carbocycles. The van der Waals surface area contributed by atoms with Gasteiger partial charge in [-0.05, 0) is 19.1 Å². The molecule has 0 amide bonds. The number of nitrogens with zero attached hydrogens (tertiary/aromatic N) is 3. The van der Waals surface area contributed by atoms with E-state index in [9.17, 15) is 8.42 Å². The Kier molecular flexibility index (Phi) is 3.80. The lowest BCUT2D eigenvalue weighted by molar-refractivity contribution is 0.171. The van der Waals surface area contributed by atoms with Gasteiger partial charge in [-0.15, -0.1) is 9.19 Å². The maximum Gasteiger partial charge on any atom is 0.286 e. The van der Waals surface area contributed by atoms with Crippen molar-refractivity contribution >= 4 is 16.0 Å². The number of aryl methyl sites for hydroxylation is 1.